The molecule has 0 spiro atoms. The minimum absolute atomic E-state index is 0.178. The van der Waals surface area contributed by atoms with Crippen molar-refractivity contribution in [2.75, 3.05) is 11.1 Å². The molecule has 2 aromatic rings. The fourth-order valence-electron chi connectivity index (χ4n) is 1.65. The Bertz CT molecular complexity index is 622. The van der Waals surface area contributed by atoms with Crippen LogP contribution in [0.3, 0.4) is 0 Å². The molecular weight excluding hydrogens is 264 g/mol. The quantitative estimate of drug-likeness (QED) is 0.652. The summed E-state index contributed by atoms with van der Waals surface area (Å²) in [6.07, 6.45) is 0. The number of aromatic nitrogens is 2. The number of rotatable bonds is 2. The summed E-state index contributed by atoms with van der Waals surface area (Å²) in [7, 11) is 0. The molecule has 2 rings (SSSR count). The third-order valence-corrected chi connectivity index (χ3v) is 2.86. The largest absolute Gasteiger partial charge is 0.398 e. The van der Waals surface area contributed by atoms with Crippen LogP contribution in [0.15, 0.2) is 24.3 Å². The highest BCUT2D eigenvalue weighted by atomic mass is 35.5. The van der Waals surface area contributed by atoms with Gasteiger partial charge in [0.25, 0.3) is 5.91 Å². The topological polar surface area (TPSA) is 80.9 Å². The second-order valence-corrected chi connectivity index (χ2v) is 4.52. The lowest BCUT2D eigenvalue weighted by Gasteiger charge is -2.08. The Morgan fingerprint density at radius 1 is 1.32 bits per heavy atom. The fourth-order valence-corrected chi connectivity index (χ4v) is 1.89. The molecule has 0 bridgehead atoms. The molecule has 19 heavy (non-hydrogen) atoms. The van der Waals surface area contributed by atoms with Gasteiger partial charge in [0.15, 0.2) is 0 Å². The first-order chi connectivity index (χ1) is 8.97. The van der Waals surface area contributed by atoms with Gasteiger partial charge in [0.05, 0.1) is 0 Å². The molecule has 1 amide bonds. The van der Waals surface area contributed by atoms with E-state index in [1.54, 1.807) is 38.1 Å². The maximum absolute atomic E-state index is 12.1. The summed E-state index contributed by atoms with van der Waals surface area (Å²) in [6.45, 7) is 3.56. The number of nitrogens with zero attached hydrogens (tertiary/aromatic N) is 2. The molecule has 0 aliphatic carbocycles. The van der Waals surface area contributed by atoms with E-state index in [9.17, 15) is 4.79 Å². The van der Waals surface area contributed by atoms with Gasteiger partial charge in [-0.15, -0.1) is 0 Å². The first-order valence-electron chi connectivity index (χ1n) is 5.65. The number of carbonyl (C=O) groups excluding carboxylic acids is 1. The molecule has 3 N–H and O–H groups in total. The lowest BCUT2D eigenvalue weighted by atomic mass is 10.1. The van der Waals surface area contributed by atoms with Gasteiger partial charge in [-0.1, -0.05) is 17.7 Å². The standard InChI is InChI=1S/C13H13ClN4O/c1-7-6-11(14)17-13(16-7)18-12(19)9-4-3-5-10(15)8(9)2/h3-6H,15H2,1-2H3,(H,16,17,18,19). The molecule has 1 heterocycles. The molecule has 0 saturated heterocycles. The Kier molecular flexibility index (Phi) is 3.66. The maximum Gasteiger partial charge on any atom is 0.258 e. The molecule has 0 atom stereocenters. The van der Waals surface area contributed by atoms with Crippen molar-refractivity contribution in [3.05, 3.63) is 46.2 Å². The van der Waals surface area contributed by atoms with Crippen LogP contribution < -0.4 is 11.1 Å². The molecule has 5 nitrogen and oxygen atoms in total. The van der Waals surface area contributed by atoms with E-state index in [1.807, 2.05) is 0 Å². The average Bonchev–Trinajstić information content (AvgIpc) is 2.31. The number of amides is 1. The number of hydrogen-bond donors (Lipinski definition) is 2. The molecule has 0 radical (unpaired) electrons. The van der Waals surface area contributed by atoms with E-state index in [1.165, 1.54) is 0 Å². The minimum atomic E-state index is -0.313. The van der Waals surface area contributed by atoms with Gasteiger partial charge in [0.2, 0.25) is 5.95 Å². The van der Waals surface area contributed by atoms with Crippen LogP contribution in [-0.4, -0.2) is 15.9 Å². The third-order valence-electron chi connectivity index (χ3n) is 2.67. The summed E-state index contributed by atoms with van der Waals surface area (Å²) in [6, 6.07) is 6.77. The van der Waals surface area contributed by atoms with Gasteiger partial charge in [-0.05, 0) is 37.6 Å². The van der Waals surface area contributed by atoms with Gasteiger partial charge >= 0.3 is 0 Å². The molecule has 0 fully saturated rings. The zero-order chi connectivity index (χ0) is 14.0. The number of hydrogen-bond acceptors (Lipinski definition) is 4. The molecular formula is C13H13ClN4O. The number of anilines is 2. The number of nitrogen functional groups attached to an aromatic ring is 1. The summed E-state index contributed by atoms with van der Waals surface area (Å²) >= 11 is 5.81. The van der Waals surface area contributed by atoms with Crippen molar-refractivity contribution in [2.45, 2.75) is 13.8 Å². The van der Waals surface area contributed by atoms with Crippen molar-refractivity contribution in [3.63, 3.8) is 0 Å². The lowest BCUT2D eigenvalue weighted by molar-refractivity contribution is 0.102. The van der Waals surface area contributed by atoms with Gasteiger partial charge in [-0.25, -0.2) is 9.97 Å². The molecule has 98 valence electrons. The molecule has 1 aromatic carbocycles. The highest BCUT2D eigenvalue weighted by Gasteiger charge is 2.12. The summed E-state index contributed by atoms with van der Waals surface area (Å²) in [5.74, 6) is -0.136. The Balaban J connectivity index is 2.28. The van der Waals surface area contributed by atoms with Crippen molar-refractivity contribution in [2.24, 2.45) is 0 Å². The third kappa shape index (κ3) is 3.00. The van der Waals surface area contributed by atoms with Crippen LogP contribution >= 0.6 is 11.6 Å². The molecule has 1 aromatic heterocycles. The second kappa shape index (κ2) is 5.24. The zero-order valence-electron chi connectivity index (χ0n) is 10.6. The maximum atomic E-state index is 12.1. The van der Waals surface area contributed by atoms with Crippen LogP contribution in [0.5, 0.6) is 0 Å². The first-order valence-corrected chi connectivity index (χ1v) is 6.03. The highest BCUT2D eigenvalue weighted by molar-refractivity contribution is 6.29. The van der Waals surface area contributed by atoms with Crippen LogP contribution in [-0.2, 0) is 0 Å². The van der Waals surface area contributed by atoms with E-state index in [2.05, 4.69) is 15.3 Å². The van der Waals surface area contributed by atoms with Gasteiger partial charge in [-0.3, -0.25) is 10.1 Å². The Labute approximate surface area is 115 Å². The van der Waals surface area contributed by atoms with Crippen LogP contribution in [0.4, 0.5) is 11.6 Å². The van der Waals surface area contributed by atoms with Crippen molar-refractivity contribution in [1.29, 1.82) is 0 Å². The summed E-state index contributed by atoms with van der Waals surface area (Å²) in [5.41, 5.74) is 8.22. The van der Waals surface area contributed by atoms with E-state index in [0.29, 0.717) is 16.9 Å². The van der Waals surface area contributed by atoms with Crippen LogP contribution in [0, 0.1) is 13.8 Å². The smallest absolute Gasteiger partial charge is 0.258 e. The Morgan fingerprint density at radius 3 is 2.74 bits per heavy atom. The summed E-state index contributed by atoms with van der Waals surface area (Å²) < 4.78 is 0. The number of benzene rings is 1. The van der Waals surface area contributed by atoms with Crippen LogP contribution in [0.2, 0.25) is 5.15 Å². The van der Waals surface area contributed by atoms with Gasteiger partial charge < -0.3 is 5.73 Å². The van der Waals surface area contributed by atoms with E-state index in [4.69, 9.17) is 17.3 Å². The summed E-state index contributed by atoms with van der Waals surface area (Å²) in [5, 5.41) is 2.89. The van der Waals surface area contributed by atoms with Crippen molar-refractivity contribution in [3.8, 4) is 0 Å². The molecule has 0 saturated carbocycles. The number of aryl methyl sites for hydroxylation is 1. The van der Waals surface area contributed by atoms with Crippen LogP contribution in [0.1, 0.15) is 21.6 Å². The van der Waals surface area contributed by atoms with Gasteiger partial charge in [0, 0.05) is 16.9 Å². The van der Waals surface area contributed by atoms with Crippen molar-refractivity contribution < 1.29 is 4.79 Å². The van der Waals surface area contributed by atoms with Gasteiger partial charge in [0.1, 0.15) is 5.15 Å². The predicted molar refractivity (Wildman–Crippen MR) is 75.3 cm³/mol. The van der Waals surface area contributed by atoms with Gasteiger partial charge in [-0.2, -0.15) is 0 Å². The number of halogens is 1. The predicted octanol–water partition coefficient (Wildman–Crippen LogP) is 2.58. The van der Waals surface area contributed by atoms with E-state index < -0.39 is 0 Å². The van der Waals surface area contributed by atoms with Crippen molar-refractivity contribution >= 4 is 29.1 Å². The fraction of sp³-hybridized carbons (Fsp3) is 0.154. The average molecular weight is 277 g/mol. The molecule has 0 aliphatic rings. The number of nitrogens with one attached hydrogen (secondary N) is 1. The molecule has 0 unspecified atom stereocenters. The summed E-state index contributed by atoms with van der Waals surface area (Å²) in [4.78, 5) is 20.2. The minimum Gasteiger partial charge on any atom is -0.398 e. The molecule has 0 aliphatic heterocycles. The molecule has 6 heteroatoms. The zero-order valence-corrected chi connectivity index (χ0v) is 11.3. The highest BCUT2D eigenvalue weighted by Crippen LogP contribution is 2.17. The second-order valence-electron chi connectivity index (χ2n) is 4.13. The van der Waals surface area contributed by atoms with E-state index >= 15 is 0 Å². The SMILES string of the molecule is Cc1cc(Cl)nc(NC(=O)c2cccc(N)c2C)n1. The van der Waals surface area contributed by atoms with E-state index in [-0.39, 0.29) is 17.0 Å². The number of carbonyl (C=O) groups is 1. The Morgan fingerprint density at radius 2 is 2.05 bits per heavy atom. The normalized spacial score (nSPS) is 10.3. The monoisotopic (exact) mass is 276 g/mol. The van der Waals surface area contributed by atoms with Crippen LogP contribution in [0.25, 0.3) is 0 Å². The lowest BCUT2D eigenvalue weighted by Crippen LogP contribution is -2.16. The Hall–Kier alpha value is -2.14. The first kappa shape index (κ1) is 13.3. The number of nitrogens with two attached hydrogens (primary N) is 1. The van der Waals surface area contributed by atoms with Crippen molar-refractivity contribution in [1.82, 2.24) is 9.97 Å². The van der Waals surface area contributed by atoms with E-state index in [0.717, 1.165) is 5.56 Å².